The number of aryl methyl sites for hydroxylation is 1. The predicted molar refractivity (Wildman–Crippen MR) is 161 cm³/mol. The van der Waals surface area contributed by atoms with E-state index in [1.807, 2.05) is 43.3 Å². The highest BCUT2D eigenvalue weighted by molar-refractivity contribution is 7.89. The monoisotopic (exact) mass is 584 g/mol. The van der Waals surface area contributed by atoms with E-state index in [0.29, 0.717) is 43.3 Å². The molecule has 1 aliphatic rings. The van der Waals surface area contributed by atoms with E-state index in [2.05, 4.69) is 25.1 Å². The van der Waals surface area contributed by atoms with E-state index < -0.39 is 10.0 Å². The van der Waals surface area contributed by atoms with Crippen molar-refractivity contribution in [2.45, 2.75) is 31.2 Å². The normalized spacial score (nSPS) is 13.7. The minimum Gasteiger partial charge on any atom is -0.308 e. The standard InChI is InChI=1S/C29H32N4O3S2.ClH/c1-4-21-9-14-26-27(19-21)37-29(30-26)33(18-17-31(2)3)28(34)23-10-12-25(13-11-23)38(35,36)32-16-15-22-7-5-6-8-24(22)20-32;/h5-14,19H,4,15-18,20H2,1-3H3;1H. The maximum Gasteiger partial charge on any atom is 0.260 e. The van der Waals surface area contributed by atoms with Crippen molar-refractivity contribution < 1.29 is 13.2 Å². The van der Waals surface area contributed by atoms with E-state index in [1.54, 1.807) is 29.2 Å². The smallest absolute Gasteiger partial charge is 0.260 e. The predicted octanol–water partition coefficient (Wildman–Crippen LogP) is 5.24. The van der Waals surface area contributed by atoms with Gasteiger partial charge in [-0.15, -0.1) is 12.4 Å². The number of carbonyl (C=O) groups excluding carboxylic acids is 1. The van der Waals surface area contributed by atoms with Gasteiger partial charge in [0, 0.05) is 31.7 Å². The molecule has 0 bridgehead atoms. The molecule has 0 atom stereocenters. The fraction of sp³-hybridized carbons (Fsp3) is 0.310. The van der Waals surface area contributed by atoms with Crippen LogP contribution in [0.5, 0.6) is 0 Å². The van der Waals surface area contributed by atoms with Crippen LogP contribution in [0.2, 0.25) is 0 Å². The quantitative estimate of drug-likeness (QED) is 0.283. The molecule has 0 saturated heterocycles. The number of hydrogen-bond donors (Lipinski definition) is 0. The lowest BCUT2D eigenvalue weighted by atomic mass is 10.0. The first-order valence-corrected chi connectivity index (χ1v) is 15.0. The summed E-state index contributed by atoms with van der Waals surface area (Å²) in [5.41, 5.74) is 4.76. The molecular weight excluding hydrogens is 552 g/mol. The van der Waals surface area contributed by atoms with Crippen LogP contribution >= 0.6 is 23.7 Å². The zero-order valence-electron chi connectivity index (χ0n) is 22.3. The number of hydrogen-bond acceptors (Lipinski definition) is 6. The molecule has 1 aromatic heterocycles. The van der Waals surface area contributed by atoms with Crippen molar-refractivity contribution >= 4 is 55.0 Å². The summed E-state index contributed by atoms with van der Waals surface area (Å²) in [6.45, 7) is 4.05. The van der Waals surface area contributed by atoms with Gasteiger partial charge >= 0.3 is 0 Å². The van der Waals surface area contributed by atoms with Crippen LogP contribution < -0.4 is 4.90 Å². The van der Waals surface area contributed by atoms with E-state index in [1.165, 1.54) is 26.8 Å². The van der Waals surface area contributed by atoms with Crippen molar-refractivity contribution in [1.82, 2.24) is 14.2 Å². The summed E-state index contributed by atoms with van der Waals surface area (Å²) in [5, 5.41) is 0.642. The fourth-order valence-electron chi connectivity index (χ4n) is 4.63. The Kier molecular flexibility index (Phi) is 9.08. The Morgan fingerprint density at radius 2 is 1.72 bits per heavy atom. The Bertz CT molecular complexity index is 1570. The number of carbonyl (C=O) groups is 1. The van der Waals surface area contributed by atoms with Gasteiger partial charge in [-0.3, -0.25) is 9.69 Å². The Labute approximate surface area is 240 Å². The Morgan fingerprint density at radius 1 is 1.00 bits per heavy atom. The molecule has 0 unspecified atom stereocenters. The molecule has 0 radical (unpaired) electrons. The lowest BCUT2D eigenvalue weighted by molar-refractivity contribution is 0.0985. The van der Waals surface area contributed by atoms with Gasteiger partial charge in [0.15, 0.2) is 5.13 Å². The first kappa shape index (κ1) is 29.2. The number of amides is 1. The van der Waals surface area contributed by atoms with Gasteiger partial charge in [0.1, 0.15) is 0 Å². The molecule has 0 aliphatic carbocycles. The highest BCUT2D eigenvalue weighted by Gasteiger charge is 2.29. The molecule has 39 heavy (non-hydrogen) atoms. The van der Waals surface area contributed by atoms with Crippen LogP contribution in [0.25, 0.3) is 10.2 Å². The summed E-state index contributed by atoms with van der Waals surface area (Å²) in [6, 6.07) is 20.4. The molecule has 2 heterocycles. The van der Waals surface area contributed by atoms with Crippen molar-refractivity contribution in [3.8, 4) is 0 Å². The van der Waals surface area contributed by atoms with Gasteiger partial charge in [-0.1, -0.05) is 48.6 Å². The largest absolute Gasteiger partial charge is 0.308 e. The summed E-state index contributed by atoms with van der Waals surface area (Å²) in [5.74, 6) is -0.197. The lowest BCUT2D eigenvalue weighted by Crippen LogP contribution is -2.37. The molecule has 1 amide bonds. The van der Waals surface area contributed by atoms with E-state index in [0.717, 1.165) is 22.2 Å². The summed E-state index contributed by atoms with van der Waals surface area (Å²) < 4.78 is 29.3. The third kappa shape index (κ3) is 6.18. The maximum absolute atomic E-state index is 13.7. The van der Waals surface area contributed by atoms with Crippen LogP contribution in [-0.4, -0.2) is 62.2 Å². The molecule has 1 aliphatic heterocycles. The number of likely N-dealkylation sites (N-methyl/N-ethyl adjacent to an activating group) is 1. The van der Waals surface area contributed by atoms with Gasteiger partial charge in [0.2, 0.25) is 10.0 Å². The maximum atomic E-state index is 13.7. The number of fused-ring (bicyclic) bond motifs is 2. The SMILES string of the molecule is CCc1ccc2nc(N(CCN(C)C)C(=O)c3ccc(S(=O)(=O)N4CCc5ccccc5C4)cc3)sc2c1.Cl. The molecule has 3 aromatic carbocycles. The highest BCUT2D eigenvalue weighted by atomic mass is 35.5. The van der Waals surface area contributed by atoms with Crippen LogP contribution in [-0.2, 0) is 29.4 Å². The third-order valence-electron chi connectivity index (χ3n) is 6.93. The van der Waals surface area contributed by atoms with Crippen molar-refractivity contribution in [2.24, 2.45) is 0 Å². The molecule has 5 rings (SSSR count). The zero-order chi connectivity index (χ0) is 26.9. The minimum atomic E-state index is -3.67. The Morgan fingerprint density at radius 3 is 2.41 bits per heavy atom. The van der Waals surface area contributed by atoms with E-state index in [9.17, 15) is 13.2 Å². The second-order valence-electron chi connectivity index (χ2n) is 9.79. The number of rotatable bonds is 8. The second-order valence-corrected chi connectivity index (χ2v) is 12.7. The third-order valence-corrected chi connectivity index (χ3v) is 9.83. The van der Waals surface area contributed by atoms with Gasteiger partial charge in [0.25, 0.3) is 5.91 Å². The molecule has 0 N–H and O–H groups in total. The average molecular weight is 585 g/mol. The number of benzene rings is 3. The van der Waals surface area contributed by atoms with Crippen LogP contribution in [0.15, 0.2) is 71.6 Å². The molecule has 0 saturated carbocycles. The van der Waals surface area contributed by atoms with Gasteiger partial charge in [0.05, 0.1) is 15.1 Å². The van der Waals surface area contributed by atoms with Crippen LogP contribution in [0.3, 0.4) is 0 Å². The Balaban J connectivity index is 0.00000353. The molecule has 0 spiro atoms. The topological polar surface area (TPSA) is 73.8 Å². The molecule has 0 fully saturated rings. The van der Waals surface area contributed by atoms with Crippen molar-refractivity contribution in [3.63, 3.8) is 0 Å². The number of thiazole rings is 1. The van der Waals surface area contributed by atoms with Gasteiger partial charge in [-0.05, 0) is 80.0 Å². The van der Waals surface area contributed by atoms with Gasteiger partial charge < -0.3 is 4.90 Å². The number of nitrogens with zero attached hydrogens (tertiary/aromatic N) is 4. The second kappa shape index (κ2) is 12.1. The van der Waals surface area contributed by atoms with E-state index in [4.69, 9.17) is 4.98 Å². The number of aromatic nitrogens is 1. The first-order chi connectivity index (χ1) is 18.3. The molecule has 206 valence electrons. The number of halogens is 1. The lowest BCUT2D eigenvalue weighted by Gasteiger charge is -2.28. The average Bonchev–Trinajstić information content (AvgIpc) is 3.35. The number of sulfonamides is 1. The van der Waals surface area contributed by atoms with Gasteiger partial charge in [-0.25, -0.2) is 13.4 Å². The highest BCUT2D eigenvalue weighted by Crippen LogP contribution is 2.31. The summed E-state index contributed by atoms with van der Waals surface area (Å²) >= 11 is 1.50. The van der Waals surface area contributed by atoms with Crippen LogP contribution in [0, 0.1) is 0 Å². The molecule has 4 aromatic rings. The van der Waals surface area contributed by atoms with Crippen LogP contribution in [0.4, 0.5) is 5.13 Å². The van der Waals surface area contributed by atoms with Crippen molar-refractivity contribution in [3.05, 3.63) is 89.0 Å². The fourth-order valence-corrected chi connectivity index (χ4v) is 7.10. The first-order valence-electron chi connectivity index (χ1n) is 12.8. The van der Waals surface area contributed by atoms with Gasteiger partial charge in [-0.2, -0.15) is 4.31 Å². The van der Waals surface area contributed by atoms with Crippen molar-refractivity contribution in [1.29, 1.82) is 0 Å². The minimum absolute atomic E-state index is 0. The molecular formula is C29H33ClN4O3S2. The van der Waals surface area contributed by atoms with Crippen LogP contribution in [0.1, 0.15) is 34.0 Å². The molecule has 7 nitrogen and oxygen atoms in total. The van der Waals surface area contributed by atoms with E-state index in [-0.39, 0.29) is 23.2 Å². The summed E-state index contributed by atoms with van der Waals surface area (Å²) in [7, 11) is 0.257. The molecule has 10 heteroatoms. The summed E-state index contributed by atoms with van der Waals surface area (Å²) in [6.07, 6.45) is 1.63. The summed E-state index contributed by atoms with van der Waals surface area (Å²) in [4.78, 5) is 22.3. The Hall–Kier alpha value is -2.82. The van der Waals surface area contributed by atoms with E-state index >= 15 is 0 Å². The zero-order valence-corrected chi connectivity index (χ0v) is 24.8. The number of anilines is 1. The van der Waals surface area contributed by atoms with Crippen molar-refractivity contribution in [2.75, 3.05) is 38.6 Å².